The Morgan fingerprint density at radius 1 is 0.565 bits per heavy atom. The van der Waals surface area contributed by atoms with Gasteiger partial charge in [-0.2, -0.15) is 0 Å². The second-order valence-corrected chi connectivity index (χ2v) is 13.0. The Bertz CT molecular complexity index is 280. The second-order valence-electron chi connectivity index (χ2n) is 6.40. The Morgan fingerprint density at radius 3 is 0.913 bits per heavy atom. The monoisotopic (exact) mass is 406 g/mol. The van der Waals surface area contributed by atoms with E-state index in [0.717, 1.165) is 0 Å². The van der Waals surface area contributed by atoms with Crippen LogP contribution in [0.15, 0.2) is 0 Å². The molecule has 5 nitrogen and oxygen atoms in total. The number of rotatable bonds is 12. The first kappa shape index (κ1) is 23.8. The van der Waals surface area contributed by atoms with Gasteiger partial charge in [-0.15, -0.1) is 23.2 Å². The van der Waals surface area contributed by atoms with Gasteiger partial charge in [0.1, 0.15) is 0 Å². The van der Waals surface area contributed by atoms with E-state index >= 15 is 0 Å². The molecule has 0 heterocycles. The Balaban J connectivity index is 5.61. The lowest BCUT2D eigenvalue weighted by atomic mass is 10.5. The van der Waals surface area contributed by atoms with Crippen molar-refractivity contribution in [2.45, 2.75) is 79.8 Å². The molecule has 0 fully saturated rings. The van der Waals surface area contributed by atoms with Crippen LogP contribution in [0, 0.1) is 0 Å². The fourth-order valence-electron chi connectivity index (χ4n) is 2.01. The highest BCUT2D eigenvalue weighted by Gasteiger charge is 2.55. The molecule has 0 bridgehead atoms. The molecule has 0 aromatic rings. The summed E-state index contributed by atoms with van der Waals surface area (Å²) in [6.45, 7) is 15.3. The fourth-order valence-corrected chi connectivity index (χ4v) is 10.1. The highest BCUT2D eigenvalue weighted by Crippen LogP contribution is 2.26. The zero-order valence-electron chi connectivity index (χ0n) is 15.5. The van der Waals surface area contributed by atoms with E-state index < -0.39 is 17.6 Å². The van der Waals surface area contributed by atoms with E-state index in [2.05, 4.69) is 0 Å². The molecule has 0 atom stereocenters. The molecule has 140 valence electrons. The van der Waals surface area contributed by atoms with Crippen LogP contribution in [-0.2, 0) is 21.8 Å². The van der Waals surface area contributed by atoms with Crippen LogP contribution in [0.2, 0.25) is 0 Å². The molecule has 0 aliphatic heterocycles. The van der Waals surface area contributed by atoms with Crippen molar-refractivity contribution < 1.29 is 21.8 Å². The van der Waals surface area contributed by atoms with Gasteiger partial charge < -0.3 is 21.8 Å². The van der Waals surface area contributed by atoms with E-state index in [9.17, 15) is 0 Å². The minimum absolute atomic E-state index is 0.0979. The number of hydrogen-bond acceptors (Lipinski definition) is 5. The van der Waals surface area contributed by atoms with Gasteiger partial charge in [-0.3, -0.25) is 0 Å². The van der Waals surface area contributed by atoms with Crippen molar-refractivity contribution in [3.8, 4) is 0 Å². The van der Waals surface area contributed by atoms with Gasteiger partial charge in [0.15, 0.2) is 0 Å². The predicted octanol–water partition coefficient (Wildman–Crippen LogP) is 4.14. The predicted molar refractivity (Wildman–Crippen MR) is 98.9 cm³/mol. The van der Waals surface area contributed by atoms with Crippen LogP contribution in [0.4, 0.5) is 0 Å². The molecule has 0 amide bonds. The van der Waals surface area contributed by atoms with Crippen LogP contribution < -0.4 is 0 Å². The van der Waals surface area contributed by atoms with Crippen LogP contribution in [0.3, 0.4) is 0 Å². The van der Waals surface area contributed by atoms with Gasteiger partial charge in [0.25, 0.3) is 0 Å². The van der Waals surface area contributed by atoms with E-state index in [-0.39, 0.29) is 35.4 Å². The molecule has 0 rings (SSSR count). The summed E-state index contributed by atoms with van der Waals surface area (Å²) in [5.74, 6) is 0. The van der Waals surface area contributed by atoms with E-state index in [1.165, 1.54) is 0 Å². The smallest absolute Gasteiger partial charge is 0.371 e. The molecule has 0 saturated heterocycles. The summed E-state index contributed by atoms with van der Waals surface area (Å²) in [6, 6.07) is 0. The summed E-state index contributed by atoms with van der Waals surface area (Å²) in [5.41, 5.74) is 0.218. The maximum atomic E-state index is 6.29. The van der Waals surface area contributed by atoms with Gasteiger partial charge >= 0.3 is 17.6 Å². The lowest BCUT2D eigenvalue weighted by Gasteiger charge is -2.39. The van der Waals surface area contributed by atoms with Gasteiger partial charge in [0.05, 0.1) is 11.0 Å². The van der Waals surface area contributed by atoms with Gasteiger partial charge in [-0.1, -0.05) is 0 Å². The summed E-state index contributed by atoms with van der Waals surface area (Å²) in [7, 11) is -6.39. The van der Waals surface area contributed by atoms with Gasteiger partial charge in [0.2, 0.25) is 0 Å². The molecule has 0 spiro atoms. The van der Waals surface area contributed by atoms with Crippen LogP contribution >= 0.6 is 23.2 Å². The molecule has 9 heteroatoms. The zero-order chi connectivity index (χ0) is 18.3. The molecule has 0 aromatic carbocycles. The van der Waals surface area contributed by atoms with Gasteiger partial charge in [-0.05, 0) is 55.4 Å². The van der Waals surface area contributed by atoms with Crippen molar-refractivity contribution in [2.75, 3.05) is 11.0 Å². The van der Waals surface area contributed by atoms with Crippen molar-refractivity contribution in [2.24, 2.45) is 0 Å². The molecule has 0 radical (unpaired) electrons. The topological polar surface area (TPSA) is 46.2 Å². The number of alkyl halides is 2. The van der Waals surface area contributed by atoms with Crippen molar-refractivity contribution in [1.82, 2.24) is 0 Å². The number of hydrogen-bond donors (Lipinski definition) is 0. The fraction of sp³-hybridized carbons (Fsp3) is 1.00. The highest BCUT2D eigenvalue weighted by atomic mass is 35.5. The summed E-state index contributed by atoms with van der Waals surface area (Å²) < 4.78 is 30.3. The Hall–Kier alpha value is 0.814. The third-order valence-electron chi connectivity index (χ3n) is 2.30. The molecule has 0 aromatic heterocycles. The maximum Gasteiger partial charge on any atom is 0.509 e. The highest BCUT2D eigenvalue weighted by molar-refractivity contribution is 6.81. The standard InChI is InChI=1S/C14H32Cl2O5Si2/c1-11(2)17-22(9-15,18-12(3)4)21-23(10-16,19-13(5)6)20-14(7)8/h11-14H,9-10H2,1-8H3. The third kappa shape index (κ3) is 9.18. The largest absolute Gasteiger partial charge is 0.509 e. The van der Waals surface area contributed by atoms with E-state index in [4.69, 9.17) is 45.0 Å². The first-order valence-electron chi connectivity index (χ1n) is 8.03. The van der Waals surface area contributed by atoms with Crippen molar-refractivity contribution >= 4 is 40.8 Å². The van der Waals surface area contributed by atoms with Gasteiger partial charge in [-0.25, -0.2) is 0 Å². The molecule has 0 unspecified atom stereocenters. The molecule has 23 heavy (non-hydrogen) atoms. The normalized spacial score (nSPS) is 13.8. The van der Waals surface area contributed by atoms with E-state index in [0.29, 0.717) is 0 Å². The summed E-state index contributed by atoms with van der Waals surface area (Å²) in [5, 5.41) is 0. The lowest BCUT2D eigenvalue weighted by Crippen LogP contribution is -2.63. The third-order valence-corrected chi connectivity index (χ3v) is 10.7. The first-order chi connectivity index (χ1) is 10.5. The van der Waals surface area contributed by atoms with Crippen LogP contribution in [0.25, 0.3) is 0 Å². The molecule has 0 N–H and O–H groups in total. The number of halogens is 2. The maximum absolute atomic E-state index is 6.29. The Labute approximate surface area is 153 Å². The minimum Gasteiger partial charge on any atom is -0.371 e. The zero-order valence-corrected chi connectivity index (χ0v) is 19.0. The van der Waals surface area contributed by atoms with E-state index in [1.807, 2.05) is 55.4 Å². The van der Waals surface area contributed by atoms with Gasteiger partial charge in [0, 0.05) is 24.4 Å². The van der Waals surface area contributed by atoms with Crippen molar-refractivity contribution in [3.05, 3.63) is 0 Å². The van der Waals surface area contributed by atoms with Crippen LogP contribution in [0.1, 0.15) is 55.4 Å². The van der Waals surface area contributed by atoms with E-state index in [1.54, 1.807) is 0 Å². The summed E-state index contributed by atoms with van der Waals surface area (Å²) in [4.78, 5) is 0. The molecule has 0 saturated carbocycles. The molecular weight excluding hydrogens is 375 g/mol. The Kier molecular flexibility index (Phi) is 11.1. The molecule has 0 aliphatic rings. The van der Waals surface area contributed by atoms with Crippen molar-refractivity contribution in [1.29, 1.82) is 0 Å². The van der Waals surface area contributed by atoms with Crippen molar-refractivity contribution in [3.63, 3.8) is 0 Å². The van der Waals surface area contributed by atoms with Crippen LogP contribution in [0.5, 0.6) is 0 Å². The average molecular weight is 407 g/mol. The SMILES string of the molecule is CC(C)O[Si](CCl)(OC(C)C)O[Si](CCl)(OC(C)C)OC(C)C. The molecule has 0 aliphatic carbocycles. The summed E-state index contributed by atoms with van der Waals surface area (Å²) >= 11 is 12.4. The minimum atomic E-state index is -3.19. The molecular formula is C14H32Cl2O5Si2. The van der Waals surface area contributed by atoms with Crippen LogP contribution in [-0.4, -0.2) is 53.0 Å². The second kappa shape index (κ2) is 10.7. The first-order valence-corrected chi connectivity index (χ1v) is 13.0. The summed E-state index contributed by atoms with van der Waals surface area (Å²) in [6.07, 6.45) is -0.392. The average Bonchev–Trinajstić information content (AvgIpc) is 2.35. The lowest BCUT2D eigenvalue weighted by molar-refractivity contribution is 0.00275. The quantitative estimate of drug-likeness (QED) is 0.359. The Morgan fingerprint density at radius 2 is 0.783 bits per heavy atom.